The van der Waals surface area contributed by atoms with E-state index >= 15 is 0 Å². The third kappa shape index (κ3) is 6.21. The lowest BCUT2D eigenvalue weighted by Crippen LogP contribution is -2.46. The van der Waals surface area contributed by atoms with E-state index in [0.29, 0.717) is 17.1 Å². The van der Waals surface area contributed by atoms with Gasteiger partial charge < -0.3 is 15.4 Å². The molecule has 29 heavy (non-hydrogen) atoms. The van der Waals surface area contributed by atoms with Crippen LogP contribution in [0.1, 0.15) is 20.8 Å². The quantitative estimate of drug-likeness (QED) is 0.609. The number of ether oxygens (including phenoxy) is 1. The van der Waals surface area contributed by atoms with E-state index in [9.17, 15) is 18.0 Å². The van der Waals surface area contributed by atoms with Gasteiger partial charge in [-0.2, -0.15) is 0 Å². The minimum Gasteiger partial charge on any atom is -0.497 e. The summed E-state index contributed by atoms with van der Waals surface area (Å²) in [6, 6.07) is 11.6. The third-order valence-corrected chi connectivity index (χ3v) is 5.44. The molecule has 0 aliphatic heterocycles. The Morgan fingerprint density at radius 2 is 1.66 bits per heavy atom. The molecule has 0 aromatic heterocycles. The predicted octanol–water partition coefficient (Wildman–Crippen LogP) is 2.60. The summed E-state index contributed by atoms with van der Waals surface area (Å²) >= 11 is 0. The van der Waals surface area contributed by atoms with Crippen LogP contribution in [0.2, 0.25) is 0 Å². The SMILES string of the molecule is COc1ccc(NS(=O)(=O)c2cccc(NC(=O)[C@@H](NC(C)=O)C(C)C)c2)cc1. The minimum absolute atomic E-state index is 0.00765. The first kappa shape index (κ1) is 22.2. The summed E-state index contributed by atoms with van der Waals surface area (Å²) in [6.07, 6.45) is 0. The predicted molar refractivity (Wildman–Crippen MR) is 111 cm³/mol. The van der Waals surface area contributed by atoms with Gasteiger partial charge in [0.15, 0.2) is 0 Å². The first-order valence-electron chi connectivity index (χ1n) is 8.97. The molecule has 3 N–H and O–H groups in total. The van der Waals surface area contributed by atoms with Crippen LogP contribution in [0.3, 0.4) is 0 Å². The van der Waals surface area contributed by atoms with Gasteiger partial charge in [0.05, 0.1) is 12.0 Å². The molecule has 0 saturated heterocycles. The maximum Gasteiger partial charge on any atom is 0.261 e. The number of hydrogen-bond acceptors (Lipinski definition) is 5. The molecular weight excluding hydrogens is 394 g/mol. The first-order valence-corrected chi connectivity index (χ1v) is 10.5. The Labute approximate surface area is 170 Å². The average Bonchev–Trinajstić information content (AvgIpc) is 2.66. The molecule has 0 aliphatic rings. The van der Waals surface area contributed by atoms with Gasteiger partial charge in [-0.25, -0.2) is 8.42 Å². The van der Waals surface area contributed by atoms with Gasteiger partial charge >= 0.3 is 0 Å². The van der Waals surface area contributed by atoms with Gasteiger partial charge in [0.25, 0.3) is 10.0 Å². The monoisotopic (exact) mass is 419 g/mol. The average molecular weight is 420 g/mol. The van der Waals surface area contributed by atoms with Crippen molar-refractivity contribution in [1.82, 2.24) is 5.32 Å². The van der Waals surface area contributed by atoms with E-state index in [2.05, 4.69) is 15.4 Å². The molecule has 0 aliphatic carbocycles. The summed E-state index contributed by atoms with van der Waals surface area (Å²) in [5, 5.41) is 5.25. The van der Waals surface area contributed by atoms with E-state index in [4.69, 9.17) is 4.74 Å². The van der Waals surface area contributed by atoms with Crippen molar-refractivity contribution in [3.05, 3.63) is 48.5 Å². The van der Waals surface area contributed by atoms with Crippen LogP contribution in [0.4, 0.5) is 11.4 Å². The molecule has 0 spiro atoms. The lowest BCUT2D eigenvalue weighted by molar-refractivity contribution is -0.126. The summed E-state index contributed by atoms with van der Waals surface area (Å²) in [5.41, 5.74) is 0.689. The summed E-state index contributed by atoms with van der Waals surface area (Å²) < 4.78 is 32.9. The van der Waals surface area contributed by atoms with Gasteiger partial charge in [0.2, 0.25) is 11.8 Å². The number of benzene rings is 2. The fourth-order valence-corrected chi connectivity index (χ4v) is 3.69. The summed E-state index contributed by atoms with van der Waals surface area (Å²) in [6.45, 7) is 4.94. The number of carbonyl (C=O) groups is 2. The van der Waals surface area contributed by atoms with Gasteiger partial charge in [0, 0.05) is 18.3 Å². The molecule has 0 saturated carbocycles. The van der Waals surface area contributed by atoms with Crippen molar-refractivity contribution in [2.75, 3.05) is 17.1 Å². The molecule has 9 heteroatoms. The van der Waals surface area contributed by atoms with Crippen molar-refractivity contribution < 1.29 is 22.7 Å². The van der Waals surface area contributed by atoms with Crippen LogP contribution in [-0.4, -0.2) is 33.4 Å². The smallest absolute Gasteiger partial charge is 0.261 e. The maximum atomic E-state index is 12.7. The fourth-order valence-electron chi connectivity index (χ4n) is 2.59. The second-order valence-electron chi connectivity index (χ2n) is 6.77. The molecule has 156 valence electrons. The number of methoxy groups -OCH3 is 1. The largest absolute Gasteiger partial charge is 0.497 e. The molecule has 0 heterocycles. The Kier molecular flexibility index (Phi) is 7.22. The van der Waals surface area contributed by atoms with Crippen molar-refractivity contribution in [3.63, 3.8) is 0 Å². The van der Waals surface area contributed by atoms with Crippen molar-refractivity contribution in [1.29, 1.82) is 0 Å². The van der Waals surface area contributed by atoms with E-state index in [0.717, 1.165) is 0 Å². The molecule has 0 radical (unpaired) electrons. The lowest BCUT2D eigenvalue weighted by Gasteiger charge is -2.21. The van der Waals surface area contributed by atoms with Crippen LogP contribution in [0, 0.1) is 5.92 Å². The molecule has 0 bridgehead atoms. The number of carbonyl (C=O) groups excluding carboxylic acids is 2. The minimum atomic E-state index is -3.86. The van der Waals surface area contributed by atoms with Crippen molar-refractivity contribution >= 4 is 33.2 Å². The van der Waals surface area contributed by atoms with Gasteiger partial charge in [-0.1, -0.05) is 19.9 Å². The highest BCUT2D eigenvalue weighted by Gasteiger charge is 2.23. The summed E-state index contributed by atoms with van der Waals surface area (Å²) in [5.74, 6) is -0.272. The van der Waals surface area contributed by atoms with Gasteiger partial charge in [0.1, 0.15) is 11.8 Å². The Morgan fingerprint density at radius 1 is 1.00 bits per heavy atom. The molecule has 2 aromatic carbocycles. The third-order valence-electron chi connectivity index (χ3n) is 4.06. The molecule has 0 unspecified atom stereocenters. The lowest BCUT2D eigenvalue weighted by atomic mass is 10.0. The second-order valence-corrected chi connectivity index (χ2v) is 8.46. The van der Waals surface area contributed by atoms with Crippen LogP contribution in [-0.2, 0) is 19.6 Å². The van der Waals surface area contributed by atoms with E-state index in [1.807, 2.05) is 0 Å². The van der Waals surface area contributed by atoms with Crippen LogP contribution < -0.4 is 20.1 Å². The maximum absolute atomic E-state index is 12.7. The van der Waals surface area contributed by atoms with E-state index in [1.165, 1.54) is 32.2 Å². The second kappa shape index (κ2) is 9.42. The van der Waals surface area contributed by atoms with Crippen LogP contribution in [0.25, 0.3) is 0 Å². The molecule has 0 fully saturated rings. The Balaban J connectivity index is 2.18. The molecule has 2 amide bonds. The van der Waals surface area contributed by atoms with E-state index in [1.54, 1.807) is 44.2 Å². The number of sulfonamides is 1. The van der Waals surface area contributed by atoms with Crippen molar-refractivity contribution in [2.24, 2.45) is 5.92 Å². The van der Waals surface area contributed by atoms with Gasteiger partial charge in [-0.15, -0.1) is 0 Å². The number of hydrogen-bond donors (Lipinski definition) is 3. The van der Waals surface area contributed by atoms with Gasteiger partial charge in [-0.3, -0.25) is 14.3 Å². The highest BCUT2D eigenvalue weighted by atomic mass is 32.2. The highest BCUT2D eigenvalue weighted by Crippen LogP contribution is 2.21. The van der Waals surface area contributed by atoms with Crippen LogP contribution in [0.15, 0.2) is 53.4 Å². The Morgan fingerprint density at radius 3 is 2.21 bits per heavy atom. The molecule has 2 aromatic rings. The Bertz CT molecular complexity index is 972. The standard InChI is InChI=1S/C20H25N3O5S/c1-13(2)19(21-14(3)24)20(25)22-16-6-5-7-18(12-16)29(26,27)23-15-8-10-17(28-4)11-9-15/h5-13,19,23H,1-4H3,(H,21,24)(H,22,25)/t19-/m0/s1. The van der Waals surface area contributed by atoms with Crippen LogP contribution in [0.5, 0.6) is 5.75 Å². The van der Waals surface area contributed by atoms with Crippen molar-refractivity contribution in [2.45, 2.75) is 31.7 Å². The van der Waals surface area contributed by atoms with E-state index < -0.39 is 22.0 Å². The highest BCUT2D eigenvalue weighted by molar-refractivity contribution is 7.92. The van der Waals surface area contributed by atoms with Crippen LogP contribution >= 0.6 is 0 Å². The zero-order chi connectivity index (χ0) is 21.6. The summed E-state index contributed by atoms with van der Waals surface area (Å²) in [7, 11) is -2.34. The van der Waals surface area contributed by atoms with Crippen molar-refractivity contribution in [3.8, 4) is 5.75 Å². The normalized spacial score (nSPS) is 12.2. The molecule has 2 rings (SSSR count). The molecule has 1 atom stereocenters. The molecular formula is C20H25N3O5S. The zero-order valence-corrected chi connectivity index (χ0v) is 17.5. The molecule has 8 nitrogen and oxygen atoms in total. The fraction of sp³-hybridized carbons (Fsp3) is 0.300. The summed E-state index contributed by atoms with van der Waals surface area (Å²) in [4.78, 5) is 23.8. The number of anilines is 2. The topological polar surface area (TPSA) is 114 Å². The number of amides is 2. The number of rotatable bonds is 8. The van der Waals surface area contributed by atoms with E-state index in [-0.39, 0.29) is 16.7 Å². The number of nitrogens with one attached hydrogen (secondary N) is 3. The zero-order valence-electron chi connectivity index (χ0n) is 16.7. The Hall–Kier alpha value is -3.07. The van der Waals surface area contributed by atoms with Gasteiger partial charge in [-0.05, 0) is 48.4 Å². The first-order chi connectivity index (χ1) is 13.6.